The van der Waals surface area contributed by atoms with Crippen molar-refractivity contribution in [3.05, 3.63) is 81.5 Å². The minimum absolute atomic E-state index is 0.151. The number of aliphatic hydroxyl groups excluding tert-OH is 1. The van der Waals surface area contributed by atoms with Crippen LogP contribution in [0.3, 0.4) is 0 Å². The van der Waals surface area contributed by atoms with E-state index < -0.39 is 17.7 Å². The number of amides is 1. The Morgan fingerprint density at radius 3 is 2.33 bits per heavy atom. The molecule has 122 valence electrons. The highest BCUT2D eigenvalue weighted by Gasteiger charge is 2.42. The smallest absolute Gasteiger partial charge is 0.290 e. The Morgan fingerprint density at radius 1 is 1.12 bits per heavy atom. The van der Waals surface area contributed by atoms with Crippen LogP contribution in [-0.2, 0) is 16.1 Å². The summed E-state index contributed by atoms with van der Waals surface area (Å²) in [7, 11) is 0. The molecule has 1 aliphatic rings. The van der Waals surface area contributed by atoms with Crippen molar-refractivity contribution in [3.63, 3.8) is 0 Å². The lowest BCUT2D eigenvalue weighted by atomic mass is 9.96. The Bertz CT molecular complexity index is 812. The Hall–Kier alpha value is -2.40. The van der Waals surface area contributed by atoms with Gasteiger partial charge in [0.15, 0.2) is 11.5 Å². The molecule has 0 saturated carbocycles. The quantitative estimate of drug-likeness (QED) is 0.866. The summed E-state index contributed by atoms with van der Waals surface area (Å²) in [6, 6.07) is 16.3. The van der Waals surface area contributed by atoms with Crippen LogP contribution in [0.2, 0.25) is 0 Å². The molecule has 1 N–H and O–H groups in total. The van der Waals surface area contributed by atoms with Crippen LogP contribution < -0.4 is 0 Å². The zero-order chi connectivity index (χ0) is 17.3. The molecule has 1 aliphatic heterocycles. The van der Waals surface area contributed by atoms with Crippen molar-refractivity contribution in [1.29, 1.82) is 0 Å². The van der Waals surface area contributed by atoms with E-state index in [2.05, 4.69) is 15.9 Å². The number of Topliss-reactive ketones (excluding diaryl/α,β-unsaturated/α-hetero) is 1. The van der Waals surface area contributed by atoms with E-state index in [0.29, 0.717) is 6.54 Å². The maximum atomic E-state index is 12.5. The number of aliphatic hydroxyl groups is 1. The van der Waals surface area contributed by atoms with Crippen LogP contribution in [0.25, 0.3) is 0 Å². The number of benzene rings is 2. The molecule has 5 heteroatoms. The second-order valence-corrected chi connectivity index (χ2v) is 6.61. The lowest BCUT2D eigenvalue weighted by Gasteiger charge is -2.26. The fourth-order valence-corrected chi connectivity index (χ4v) is 3.21. The Morgan fingerprint density at radius 2 is 1.75 bits per heavy atom. The number of nitrogens with zero attached hydrogens (tertiary/aromatic N) is 1. The zero-order valence-corrected chi connectivity index (χ0v) is 14.7. The molecule has 0 fully saturated rings. The summed E-state index contributed by atoms with van der Waals surface area (Å²) in [4.78, 5) is 26.1. The van der Waals surface area contributed by atoms with Crippen molar-refractivity contribution in [2.75, 3.05) is 0 Å². The Labute approximate surface area is 148 Å². The number of carbonyl (C=O) groups is 2. The largest absolute Gasteiger partial charge is 0.503 e. The highest BCUT2D eigenvalue weighted by molar-refractivity contribution is 9.10. The van der Waals surface area contributed by atoms with E-state index in [1.165, 1.54) is 11.8 Å². The number of ketones is 1. The van der Waals surface area contributed by atoms with Crippen LogP contribution in [-0.4, -0.2) is 21.7 Å². The predicted molar refractivity (Wildman–Crippen MR) is 94.2 cm³/mol. The molecule has 0 aliphatic carbocycles. The van der Waals surface area contributed by atoms with Gasteiger partial charge in [-0.2, -0.15) is 0 Å². The van der Waals surface area contributed by atoms with Crippen LogP contribution in [0.4, 0.5) is 0 Å². The minimum Gasteiger partial charge on any atom is -0.503 e. The number of hydrogen-bond acceptors (Lipinski definition) is 3. The van der Waals surface area contributed by atoms with Crippen molar-refractivity contribution in [3.8, 4) is 0 Å². The molecule has 2 aromatic rings. The van der Waals surface area contributed by atoms with E-state index in [1.54, 1.807) is 0 Å². The first-order valence-corrected chi connectivity index (χ1v) is 8.32. The normalized spacial score (nSPS) is 17.5. The first-order valence-electron chi connectivity index (χ1n) is 7.53. The van der Waals surface area contributed by atoms with E-state index in [9.17, 15) is 14.7 Å². The third-order valence-electron chi connectivity index (χ3n) is 4.06. The van der Waals surface area contributed by atoms with E-state index in [-0.39, 0.29) is 11.4 Å². The van der Waals surface area contributed by atoms with Gasteiger partial charge < -0.3 is 10.0 Å². The second kappa shape index (κ2) is 6.61. The maximum Gasteiger partial charge on any atom is 0.290 e. The average Bonchev–Trinajstić information content (AvgIpc) is 2.82. The van der Waals surface area contributed by atoms with Gasteiger partial charge in [0.1, 0.15) is 0 Å². The van der Waals surface area contributed by atoms with Gasteiger partial charge in [0.25, 0.3) is 5.91 Å². The number of rotatable bonds is 4. The van der Waals surface area contributed by atoms with Gasteiger partial charge >= 0.3 is 0 Å². The van der Waals surface area contributed by atoms with Gasteiger partial charge in [-0.25, -0.2) is 0 Å². The Balaban J connectivity index is 2.04. The standard InChI is InChI=1S/C19H16BrNO3/c1-12(22)16-17(14-7-9-15(20)10-8-14)21(19(24)18(16)23)11-13-5-3-2-4-6-13/h2-10,17,23H,11H2,1H3/t17-/m0/s1. The monoisotopic (exact) mass is 385 g/mol. The van der Waals surface area contributed by atoms with Crippen molar-refractivity contribution in [1.82, 2.24) is 4.90 Å². The summed E-state index contributed by atoms with van der Waals surface area (Å²) in [5.41, 5.74) is 1.88. The number of hydrogen-bond donors (Lipinski definition) is 1. The van der Waals surface area contributed by atoms with Gasteiger partial charge in [-0.1, -0.05) is 58.4 Å². The molecule has 0 aromatic heterocycles. The highest BCUT2D eigenvalue weighted by atomic mass is 79.9. The van der Waals surface area contributed by atoms with Crippen molar-refractivity contribution in [2.24, 2.45) is 0 Å². The SMILES string of the molecule is CC(=O)C1=C(O)C(=O)N(Cc2ccccc2)[C@H]1c1ccc(Br)cc1. The molecule has 0 unspecified atom stereocenters. The van der Waals surface area contributed by atoms with Crippen LogP contribution in [0, 0.1) is 0 Å². The molecular weight excluding hydrogens is 370 g/mol. The van der Waals surface area contributed by atoms with Gasteiger partial charge in [0, 0.05) is 11.0 Å². The molecule has 1 heterocycles. The molecule has 3 rings (SSSR count). The van der Waals surface area contributed by atoms with Crippen LogP contribution in [0.5, 0.6) is 0 Å². The lowest BCUT2D eigenvalue weighted by molar-refractivity contribution is -0.130. The summed E-state index contributed by atoms with van der Waals surface area (Å²) in [5, 5.41) is 10.2. The van der Waals surface area contributed by atoms with Gasteiger partial charge in [-0.15, -0.1) is 0 Å². The zero-order valence-electron chi connectivity index (χ0n) is 13.1. The van der Waals surface area contributed by atoms with Gasteiger partial charge in [0.2, 0.25) is 0 Å². The molecule has 2 aromatic carbocycles. The fourth-order valence-electron chi connectivity index (χ4n) is 2.95. The van der Waals surface area contributed by atoms with Crippen molar-refractivity contribution >= 4 is 27.6 Å². The van der Waals surface area contributed by atoms with Crippen LogP contribution in [0.15, 0.2) is 70.4 Å². The molecule has 0 radical (unpaired) electrons. The molecule has 1 atom stereocenters. The highest BCUT2D eigenvalue weighted by Crippen LogP contribution is 2.38. The minimum atomic E-state index is -0.580. The molecule has 4 nitrogen and oxygen atoms in total. The predicted octanol–water partition coefficient (Wildman–Crippen LogP) is 3.93. The third kappa shape index (κ3) is 2.99. The third-order valence-corrected chi connectivity index (χ3v) is 4.59. The second-order valence-electron chi connectivity index (χ2n) is 5.69. The van der Waals surface area contributed by atoms with Gasteiger partial charge in [0.05, 0.1) is 11.6 Å². The lowest BCUT2D eigenvalue weighted by Crippen LogP contribution is -2.30. The van der Waals surface area contributed by atoms with Crippen molar-refractivity contribution in [2.45, 2.75) is 19.5 Å². The molecule has 0 bridgehead atoms. The van der Waals surface area contributed by atoms with Gasteiger partial charge in [-0.05, 0) is 30.2 Å². The summed E-state index contributed by atoms with van der Waals surface area (Å²) in [6.07, 6.45) is 0. The summed E-state index contributed by atoms with van der Waals surface area (Å²) in [5.74, 6) is -1.27. The molecular formula is C19H16BrNO3. The van der Waals surface area contributed by atoms with Crippen molar-refractivity contribution < 1.29 is 14.7 Å². The topological polar surface area (TPSA) is 57.6 Å². The van der Waals surface area contributed by atoms with Crippen LogP contribution >= 0.6 is 15.9 Å². The average molecular weight is 386 g/mol. The van der Waals surface area contributed by atoms with E-state index >= 15 is 0 Å². The fraction of sp³-hybridized carbons (Fsp3) is 0.158. The summed E-state index contributed by atoms with van der Waals surface area (Å²) >= 11 is 3.38. The van der Waals surface area contributed by atoms with E-state index in [0.717, 1.165) is 15.6 Å². The maximum absolute atomic E-state index is 12.5. The summed E-state index contributed by atoms with van der Waals surface area (Å²) in [6.45, 7) is 1.69. The molecule has 0 saturated heterocycles. The molecule has 0 spiro atoms. The first-order chi connectivity index (χ1) is 11.5. The number of carbonyl (C=O) groups excluding carboxylic acids is 2. The van der Waals surface area contributed by atoms with Crippen LogP contribution in [0.1, 0.15) is 24.1 Å². The molecule has 1 amide bonds. The van der Waals surface area contributed by atoms with E-state index in [4.69, 9.17) is 0 Å². The van der Waals surface area contributed by atoms with E-state index in [1.807, 2.05) is 54.6 Å². The summed E-state index contributed by atoms with van der Waals surface area (Å²) < 4.78 is 0.905. The number of halogens is 1. The Kier molecular flexibility index (Phi) is 4.53. The molecule has 24 heavy (non-hydrogen) atoms. The first kappa shape index (κ1) is 16.5. The van der Waals surface area contributed by atoms with Gasteiger partial charge in [-0.3, -0.25) is 9.59 Å².